The lowest BCUT2D eigenvalue weighted by Gasteiger charge is -2.37. The summed E-state index contributed by atoms with van der Waals surface area (Å²) in [7, 11) is 0. The summed E-state index contributed by atoms with van der Waals surface area (Å²) in [4.78, 5) is 15.9. The standard InChI is InChI=1S/C19H24FN3O/c20-15-4-5-16-13(10-23-17(16)9-15)6-8-22-18(24)19-7-2-1-3-14(19)11-21-12-19/h4-5,9-10,14,21,23H,1-3,6-8,11-12H2,(H,22,24)/t14-,19+/m0/s1. The van der Waals surface area contributed by atoms with Gasteiger partial charge in [0.05, 0.1) is 5.41 Å². The SMILES string of the molecule is O=C(NCCc1c[nH]c2cc(F)ccc12)[C@@]12CCCC[C@H]1CNC2. The van der Waals surface area contributed by atoms with E-state index in [2.05, 4.69) is 15.6 Å². The highest BCUT2D eigenvalue weighted by Gasteiger charge is 2.49. The predicted octanol–water partition coefficient (Wildman–Crippen LogP) is 2.75. The molecule has 0 spiro atoms. The molecule has 2 aliphatic rings. The van der Waals surface area contributed by atoms with Crippen LogP contribution >= 0.6 is 0 Å². The third kappa shape index (κ3) is 2.61. The van der Waals surface area contributed by atoms with E-state index in [1.165, 1.54) is 18.6 Å². The minimum Gasteiger partial charge on any atom is -0.361 e. The molecule has 1 amide bonds. The summed E-state index contributed by atoms with van der Waals surface area (Å²) in [5, 5.41) is 7.61. The third-order valence-electron chi connectivity index (χ3n) is 5.90. The van der Waals surface area contributed by atoms with Crippen LogP contribution in [-0.2, 0) is 11.2 Å². The normalized spacial score (nSPS) is 26.5. The van der Waals surface area contributed by atoms with Gasteiger partial charge in [-0.25, -0.2) is 4.39 Å². The largest absolute Gasteiger partial charge is 0.361 e. The highest BCUT2D eigenvalue weighted by Crippen LogP contribution is 2.43. The van der Waals surface area contributed by atoms with Gasteiger partial charge in [-0.2, -0.15) is 0 Å². The van der Waals surface area contributed by atoms with Crippen LogP contribution in [0.25, 0.3) is 10.9 Å². The second-order valence-corrected chi connectivity index (χ2v) is 7.24. The van der Waals surface area contributed by atoms with E-state index in [1.54, 1.807) is 6.07 Å². The van der Waals surface area contributed by atoms with Crippen molar-refractivity contribution in [3.05, 3.63) is 35.8 Å². The van der Waals surface area contributed by atoms with E-state index in [0.717, 1.165) is 55.2 Å². The number of hydrogen-bond acceptors (Lipinski definition) is 2. The lowest BCUT2D eigenvalue weighted by molar-refractivity contribution is -0.133. The molecule has 5 heteroatoms. The number of halogens is 1. The maximum Gasteiger partial charge on any atom is 0.227 e. The lowest BCUT2D eigenvalue weighted by Crippen LogP contribution is -2.48. The Labute approximate surface area is 141 Å². The number of hydrogen-bond donors (Lipinski definition) is 3. The van der Waals surface area contributed by atoms with Crippen LogP contribution in [0.1, 0.15) is 31.2 Å². The summed E-state index contributed by atoms with van der Waals surface area (Å²) >= 11 is 0. The maximum absolute atomic E-state index is 13.3. The Morgan fingerprint density at radius 2 is 2.29 bits per heavy atom. The zero-order valence-corrected chi connectivity index (χ0v) is 13.8. The van der Waals surface area contributed by atoms with E-state index in [9.17, 15) is 9.18 Å². The van der Waals surface area contributed by atoms with Gasteiger partial charge in [0.2, 0.25) is 5.91 Å². The molecule has 0 radical (unpaired) electrons. The maximum atomic E-state index is 13.3. The molecular weight excluding hydrogens is 305 g/mol. The number of amides is 1. The molecule has 1 saturated carbocycles. The molecule has 128 valence electrons. The molecule has 3 N–H and O–H groups in total. The highest BCUT2D eigenvalue weighted by atomic mass is 19.1. The van der Waals surface area contributed by atoms with Crippen molar-refractivity contribution in [2.75, 3.05) is 19.6 Å². The van der Waals surface area contributed by atoms with E-state index in [4.69, 9.17) is 0 Å². The summed E-state index contributed by atoms with van der Waals surface area (Å²) in [5.41, 5.74) is 1.73. The van der Waals surface area contributed by atoms with Gasteiger partial charge < -0.3 is 15.6 Å². The van der Waals surface area contributed by atoms with E-state index in [0.29, 0.717) is 12.5 Å². The van der Waals surface area contributed by atoms with Crippen molar-refractivity contribution in [1.29, 1.82) is 0 Å². The summed E-state index contributed by atoms with van der Waals surface area (Å²) < 4.78 is 13.3. The van der Waals surface area contributed by atoms with Gasteiger partial charge in [-0.15, -0.1) is 0 Å². The molecule has 24 heavy (non-hydrogen) atoms. The number of fused-ring (bicyclic) bond motifs is 2. The van der Waals surface area contributed by atoms with Crippen molar-refractivity contribution in [3.8, 4) is 0 Å². The molecule has 0 bridgehead atoms. The van der Waals surface area contributed by atoms with Gasteiger partial charge in [0.15, 0.2) is 0 Å². The van der Waals surface area contributed by atoms with Crippen LogP contribution in [0.5, 0.6) is 0 Å². The topological polar surface area (TPSA) is 56.9 Å². The number of aromatic nitrogens is 1. The van der Waals surface area contributed by atoms with Crippen molar-refractivity contribution in [2.45, 2.75) is 32.1 Å². The van der Waals surface area contributed by atoms with Crippen LogP contribution < -0.4 is 10.6 Å². The summed E-state index contributed by atoms with van der Waals surface area (Å²) in [6, 6.07) is 4.79. The van der Waals surface area contributed by atoms with Crippen LogP contribution in [0.4, 0.5) is 4.39 Å². The minimum absolute atomic E-state index is 0.193. The zero-order valence-electron chi connectivity index (χ0n) is 13.8. The molecule has 1 aliphatic carbocycles. The van der Waals surface area contributed by atoms with Crippen molar-refractivity contribution in [3.63, 3.8) is 0 Å². The Balaban J connectivity index is 1.40. The second-order valence-electron chi connectivity index (χ2n) is 7.24. The second kappa shape index (κ2) is 6.20. The zero-order chi connectivity index (χ0) is 16.6. The molecule has 2 fully saturated rings. The van der Waals surface area contributed by atoms with Crippen molar-refractivity contribution < 1.29 is 9.18 Å². The smallest absolute Gasteiger partial charge is 0.227 e. The fourth-order valence-electron chi connectivity index (χ4n) is 4.54. The van der Waals surface area contributed by atoms with E-state index >= 15 is 0 Å². The first-order valence-corrected chi connectivity index (χ1v) is 8.93. The lowest BCUT2D eigenvalue weighted by atomic mass is 9.67. The molecule has 1 saturated heterocycles. The number of aromatic amines is 1. The quantitative estimate of drug-likeness (QED) is 0.808. The van der Waals surface area contributed by atoms with Crippen molar-refractivity contribution in [1.82, 2.24) is 15.6 Å². The number of benzene rings is 1. The fraction of sp³-hybridized carbons (Fsp3) is 0.526. The first-order chi connectivity index (χ1) is 11.7. The first kappa shape index (κ1) is 15.6. The summed E-state index contributed by atoms with van der Waals surface area (Å²) in [6.45, 7) is 2.41. The van der Waals surface area contributed by atoms with Crippen LogP contribution in [0.15, 0.2) is 24.4 Å². The highest BCUT2D eigenvalue weighted by molar-refractivity contribution is 5.85. The summed E-state index contributed by atoms with van der Waals surface area (Å²) in [6.07, 6.45) is 7.23. The van der Waals surface area contributed by atoms with Gasteiger partial charge in [-0.3, -0.25) is 4.79 Å². The van der Waals surface area contributed by atoms with E-state index < -0.39 is 0 Å². The molecule has 2 atom stereocenters. The van der Waals surface area contributed by atoms with Crippen molar-refractivity contribution >= 4 is 16.8 Å². The number of H-pyrrole nitrogens is 1. The molecule has 2 aromatic rings. The molecule has 1 aliphatic heterocycles. The Morgan fingerprint density at radius 3 is 3.21 bits per heavy atom. The Hall–Kier alpha value is -1.88. The van der Waals surface area contributed by atoms with Crippen LogP contribution in [0, 0.1) is 17.2 Å². The molecule has 0 unspecified atom stereocenters. The van der Waals surface area contributed by atoms with Crippen LogP contribution in [-0.4, -0.2) is 30.5 Å². The third-order valence-corrected chi connectivity index (χ3v) is 5.90. The first-order valence-electron chi connectivity index (χ1n) is 8.93. The average molecular weight is 329 g/mol. The van der Waals surface area contributed by atoms with Crippen molar-refractivity contribution in [2.24, 2.45) is 11.3 Å². The number of carbonyl (C=O) groups excluding carboxylic acids is 1. The molecule has 4 nitrogen and oxygen atoms in total. The number of carbonyl (C=O) groups is 1. The van der Waals surface area contributed by atoms with E-state index in [1.807, 2.05) is 6.20 Å². The number of rotatable bonds is 4. The van der Waals surface area contributed by atoms with Gasteiger partial charge in [-0.05, 0) is 55.5 Å². The summed E-state index contributed by atoms with van der Waals surface area (Å²) in [5.74, 6) is 0.464. The molecule has 1 aromatic heterocycles. The van der Waals surface area contributed by atoms with E-state index in [-0.39, 0.29) is 17.1 Å². The van der Waals surface area contributed by atoms with Gasteiger partial charge >= 0.3 is 0 Å². The Bertz CT molecular complexity index is 756. The molecular formula is C19H24FN3O. The molecule has 4 rings (SSSR count). The predicted molar refractivity (Wildman–Crippen MR) is 92.2 cm³/mol. The fourth-order valence-corrected chi connectivity index (χ4v) is 4.54. The molecule has 1 aromatic carbocycles. The van der Waals surface area contributed by atoms with Gasteiger partial charge in [0, 0.05) is 30.2 Å². The van der Waals surface area contributed by atoms with Gasteiger partial charge in [0.25, 0.3) is 0 Å². The monoisotopic (exact) mass is 329 g/mol. The average Bonchev–Trinajstić information content (AvgIpc) is 3.19. The van der Waals surface area contributed by atoms with Crippen LogP contribution in [0.3, 0.4) is 0 Å². The minimum atomic E-state index is -0.236. The Kier molecular flexibility index (Phi) is 4.04. The number of nitrogens with one attached hydrogen (secondary N) is 3. The van der Waals surface area contributed by atoms with Gasteiger partial charge in [0.1, 0.15) is 5.82 Å². The molecule has 2 heterocycles. The van der Waals surface area contributed by atoms with Gasteiger partial charge in [-0.1, -0.05) is 12.8 Å². The Morgan fingerprint density at radius 1 is 1.38 bits per heavy atom. The van der Waals surface area contributed by atoms with Crippen LogP contribution in [0.2, 0.25) is 0 Å².